The Hall–Kier alpha value is -3.53. The molecule has 31 heavy (non-hydrogen) atoms. The Labute approximate surface area is 183 Å². The topological polar surface area (TPSA) is 44.4 Å². The van der Waals surface area contributed by atoms with Crippen LogP contribution in [0.3, 0.4) is 0 Å². The summed E-state index contributed by atoms with van der Waals surface area (Å²) in [5.74, 6) is 0.409. The molecule has 3 aromatic carbocycles. The van der Waals surface area contributed by atoms with Crippen molar-refractivity contribution in [2.24, 2.45) is 0 Å². The molecule has 0 fully saturated rings. The summed E-state index contributed by atoms with van der Waals surface area (Å²) < 4.78 is 0. The first-order valence-electron chi connectivity index (χ1n) is 10.8. The Morgan fingerprint density at radius 3 is 2.16 bits per heavy atom. The third-order valence-corrected chi connectivity index (χ3v) is 6.32. The highest BCUT2D eigenvalue weighted by molar-refractivity contribution is 6.01. The number of carbonyl (C=O) groups is 1. The molecule has 3 aromatic rings. The highest BCUT2D eigenvalue weighted by atomic mass is 16.1. The average molecular weight is 410 g/mol. The molecule has 0 bridgehead atoms. The minimum atomic E-state index is -0.174. The molecule has 0 aromatic heterocycles. The Balaban J connectivity index is 1.59. The first-order chi connectivity index (χ1) is 15.1. The maximum Gasteiger partial charge on any atom is 0.163 e. The lowest BCUT2D eigenvalue weighted by molar-refractivity contribution is -0.116. The van der Waals surface area contributed by atoms with Gasteiger partial charge in [0.15, 0.2) is 5.78 Å². The molecule has 1 aliphatic heterocycles. The van der Waals surface area contributed by atoms with Gasteiger partial charge >= 0.3 is 0 Å². The summed E-state index contributed by atoms with van der Waals surface area (Å²) >= 11 is 0. The quantitative estimate of drug-likeness (QED) is 0.580. The van der Waals surface area contributed by atoms with Crippen molar-refractivity contribution in [3.63, 3.8) is 0 Å². The molecule has 0 unspecified atom stereocenters. The summed E-state index contributed by atoms with van der Waals surface area (Å²) in [5, 5.41) is 7.26. The third kappa shape index (κ3) is 3.70. The molecule has 1 heterocycles. The molecule has 156 valence electrons. The molecule has 0 amide bonds. The third-order valence-electron chi connectivity index (χ3n) is 6.32. The molecule has 2 N–H and O–H groups in total. The van der Waals surface area contributed by atoms with Crippen LogP contribution >= 0.6 is 0 Å². The van der Waals surface area contributed by atoms with E-state index in [0.717, 1.165) is 40.3 Å². The van der Waals surface area contributed by atoms with Gasteiger partial charge in [-0.2, -0.15) is 0 Å². The first-order valence-corrected chi connectivity index (χ1v) is 10.8. The fourth-order valence-electron chi connectivity index (χ4n) is 4.67. The second-order valence-electron chi connectivity index (χ2n) is 8.57. The van der Waals surface area contributed by atoms with Crippen molar-refractivity contribution < 1.29 is 4.79 Å². The number of fused-ring (bicyclic) bond motifs is 1. The van der Waals surface area contributed by atoms with Gasteiger partial charge < -0.3 is 15.5 Å². The maximum absolute atomic E-state index is 13.5. The Bertz CT molecular complexity index is 1130. The molecular weight excluding hydrogens is 382 g/mol. The highest BCUT2D eigenvalue weighted by Gasteiger charge is 2.35. The van der Waals surface area contributed by atoms with Crippen LogP contribution in [0.5, 0.6) is 0 Å². The van der Waals surface area contributed by atoms with Gasteiger partial charge in [-0.25, -0.2) is 0 Å². The van der Waals surface area contributed by atoms with E-state index in [1.54, 1.807) is 0 Å². The van der Waals surface area contributed by atoms with E-state index in [4.69, 9.17) is 0 Å². The maximum atomic E-state index is 13.5. The van der Waals surface area contributed by atoms with Crippen LogP contribution in [0.4, 0.5) is 17.1 Å². The van der Waals surface area contributed by atoms with Crippen LogP contribution in [0.1, 0.15) is 35.9 Å². The van der Waals surface area contributed by atoms with Crippen LogP contribution in [0, 0.1) is 0 Å². The summed E-state index contributed by atoms with van der Waals surface area (Å²) in [7, 11) is 4.07. The number of rotatable bonds is 3. The molecule has 4 heteroatoms. The number of anilines is 3. The van der Waals surface area contributed by atoms with E-state index < -0.39 is 0 Å². The summed E-state index contributed by atoms with van der Waals surface area (Å²) in [6.07, 6.45) is 1.36. The number of para-hydroxylation sites is 2. The molecule has 4 nitrogen and oxygen atoms in total. The molecule has 1 aliphatic carbocycles. The normalized spacial score (nSPS) is 20.1. The lowest BCUT2D eigenvalue weighted by atomic mass is 9.78. The Morgan fingerprint density at radius 2 is 1.45 bits per heavy atom. The molecule has 0 radical (unpaired) electrons. The van der Waals surface area contributed by atoms with E-state index in [1.165, 1.54) is 5.56 Å². The molecule has 2 aliphatic rings. The number of nitrogens with zero attached hydrogens (tertiary/aromatic N) is 1. The molecule has 0 saturated heterocycles. The van der Waals surface area contributed by atoms with Crippen LogP contribution in [0.15, 0.2) is 90.1 Å². The van der Waals surface area contributed by atoms with Crippen molar-refractivity contribution in [3.8, 4) is 0 Å². The molecule has 0 spiro atoms. The van der Waals surface area contributed by atoms with E-state index in [2.05, 4.69) is 76.2 Å². The van der Waals surface area contributed by atoms with E-state index in [-0.39, 0.29) is 17.7 Å². The van der Waals surface area contributed by atoms with Crippen molar-refractivity contribution in [2.75, 3.05) is 29.6 Å². The molecule has 2 atom stereocenters. The van der Waals surface area contributed by atoms with Crippen LogP contribution in [0.25, 0.3) is 0 Å². The Morgan fingerprint density at radius 1 is 0.774 bits per heavy atom. The van der Waals surface area contributed by atoms with Gasteiger partial charge in [-0.05, 0) is 47.7 Å². The first kappa shape index (κ1) is 19.4. The predicted molar refractivity (Wildman–Crippen MR) is 128 cm³/mol. The zero-order valence-electron chi connectivity index (χ0n) is 17.9. The molecule has 0 saturated carbocycles. The van der Waals surface area contributed by atoms with Gasteiger partial charge in [0, 0.05) is 37.5 Å². The number of benzene rings is 3. The summed E-state index contributed by atoms with van der Waals surface area (Å²) in [5.41, 5.74) is 7.39. The van der Waals surface area contributed by atoms with Crippen LogP contribution in [0.2, 0.25) is 0 Å². The summed E-state index contributed by atoms with van der Waals surface area (Å²) in [6, 6.07) is 26.9. The zero-order valence-corrected chi connectivity index (χ0v) is 17.9. The smallest absolute Gasteiger partial charge is 0.163 e. The van der Waals surface area contributed by atoms with Crippen molar-refractivity contribution in [1.82, 2.24) is 0 Å². The van der Waals surface area contributed by atoms with Crippen molar-refractivity contribution in [3.05, 3.63) is 101 Å². The SMILES string of the molecule is CN(C)c1ccc([C@H]2Nc3ccccc3NC3=C2C(=O)C[C@H](c2ccccc2)C3)cc1. The zero-order chi connectivity index (χ0) is 21.4. The van der Waals surface area contributed by atoms with Gasteiger partial charge in [-0.1, -0.05) is 54.6 Å². The van der Waals surface area contributed by atoms with Gasteiger partial charge in [-0.3, -0.25) is 4.79 Å². The second kappa shape index (κ2) is 7.95. The fraction of sp³-hybridized carbons (Fsp3) is 0.222. The number of ketones is 1. The van der Waals surface area contributed by atoms with E-state index in [0.29, 0.717) is 6.42 Å². The molecular formula is C27H27N3O. The lowest BCUT2D eigenvalue weighted by Crippen LogP contribution is -2.26. The fourth-order valence-corrected chi connectivity index (χ4v) is 4.67. The van der Waals surface area contributed by atoms with Gasteiger partial charge in [-0.15, -0.1) is 0 Å². The van der Waals surface area contributed by atoms with Crippen molar-refractivity contribution in [1.29, 1.82) is 0 Å². The van der Waals surface area contributed by atoms with E-state index >= 15 is 0 Å². The number of hydrogen-bond acceptors (Lipinski definition) is 4. The van der Waals surface area contributed by atoms with E-state index in [9.17, 15) is 4.79 Å². The highest BCUT2D eigenvalue weighted by Crippen LogP contribution is 2.44. The predicted octanol–water partition coefficient (Wildman–Crippen LogP) is 5.73. The average Bonchev–Trinajstić information content (AvgIpc) is 2.96. The van der Waals surface area contributed by atoms with Gasteiger partial charge in [0.2, 0.25) is 0 Å². The van der Waals surface area contributed by atoms with Crippen LogP contribution in [-0.2, 0) is 4.79 Å². The Kier molecular flexibility index (Phi) is 4.99. The van der Waals surface area contributed by atoms with E-state index in [1.807, 2.05) is 32.3 Å². The number of allylic oxidation sites excluding steroid dienone is 1. The number of Topliss-reactive ketones (excluding diaryl/α,β-unsaturated/α-hetero) is 1. The number of hydrogen-bond donors (Lipinski definition) is 2. The van der Waals surface area contributed by atoms with Crippen molar-refractivity contribution >= 4 is 22.8 Å². The van der Waals surface area contributed by atoms with Crippen molar-refractivity contribution in [2.45, 2.75) is 24.8 Å². The van der Waals surface area contributed by atoms with Crippen LogP contribution in [-0.4, -0.2) is 19.9 Å². The summed E-state index contributed by atoms with van der Waals surface area (Å²) in [4.78, 5) is 15.6. The van der Waals surface area contributed by atoms with Crippen LogP contribution < -0.4 is 15.5 Å². The minimum Gasteiger partial charge on any atom is -0.378 e. The molecule has 5 rings (SSSR count). The summed E-state index contributed by atoms with van der Waals surface area (Å²) in [6.45, 7) is 0. The lowest BCUT2D eigenvalue weighted by Gasteiger charge is -2.30. The minimum absolute atomic E-state index is 0.174. The second-order valence-corrected chi connectivity index (χ2v) is 8.57. The largest absolute Gasteiger partial charge is 0.378 e. The monoisotopic (exact) mass is 409 g/mol. The standard InChI is InChI=1S/C27H27N3O/c1-30(2)21-14-12-19(13-15-21)27-26-24(28-22-10-6-7-11-23(22)29-27)16-20(17-25(26)31)18-8-4-3-5-9-18/h3-15,20,27-29H,16-17H2,1-2H3/t20-,27-/m1/s1. The van der Waals surface area contributed by atoms with Gasteiger partial charge in [0.25, 0.3) is 0 Å². The number of carbonyl (C=O) groups excluding carboxylic acids is 1. The number of nitrogens with one attached hydrogen (secondary N) is 2. The van der Waals surface area contributed by atoms with Gasteiger partial charge in [0.1, 0.15) is 0 Å². The van der Waals surface area contributed by atoms with Gasteiger partial charge in [0.05, 0.1) is 17.4 Å².